The number of carbonyl (C=O) groups excluding carboxylic acids is 1. The molecule has 2 aliphatic heterocycles. The van der Waals surface area contributed by atoms with Gasteiger partial charge in [-0.25, -0.2) is 9.97 Å². The molecule has 0 bridgehead atoms. The first-order valence-corrected chi connectivity index (χ1v) is 9.62. The molecule has 1 aromatic carbocycles. The van der Waals surface area contributed by atoms with Gasteiger partial charge in [0.15, 0.2) is 11.5 Å². The lowest BCUT2D eigenvalue weighted by molar-refractivity contribution is 0.0945. The predicted octanol–water partition coefficient (Wildman–Crippen LogP) is 1.59. The van der Waals surface area contributed by atoms with E-state index >= 15 is 0 Å². The minimum atomic E-state index is -0.211. The number of piperazine rings is 1. The number of carbonyl (C=O) groups is 1. The fourth-order valence-corrected chi connectivity index (χ4v) is 3.40. The van der Waals surface area contributed by atoms with Gasteiger partial charge in [0, 0.05) is 38.4 Å². The Labute approximate surface area is 164 Å². The summed E-state index contributed by atoms with van der Waals surface area (Å²) < 4.78 is 10.7. The van der Waals surface area contributed by atoms with E-state index in [-0.39, 0.29) is 12.7 Å². The van der Waals surface area contributed by atoms with Crippen molar-refractivity contribution in [1.29, 1.82) is 0 Å². The second-order valence-electron chi connectivity index (χ2n) is 6.99. The zero-order valence-corrected chi connectivity index (χ0v) is 16.3. The summed E-state index contributed by atoms with van der Waals surface area (Å²) in [5.74, 6) is 1.85. The minimum absolute atomic E-state index is 0.211. The fraction of sp³-hybridized carbons (Fsp3) is 0.450. The van der Waals surface area contributed by atoms with E-state index in [2.05, 4.69) is 32.0 Å². The number of aromatic nitrogens is 2. The van der Waals surface area contributed by atoms with Crippen LogP contribution in [0.5, 0.6) is 11.5 Å². The van der Waals surface area contributed by atoms with Gasteiger partial charge >= 0.3 is 0 Å². The molecule has 148 valence electrons. The van der Waals surface area contributed by atoms with Gasteiger partial charge in [0.05, 0.1) is 0 Å². The van der Waals surface area contributed by atoms with Gasteiger partial charge in [0.25, 0.3) is 5.91 Å². The van der Waals surface area contributed by atoms with Gasteiger partial charge in [0.2, 0.25) is 12.7 Å². The van der Waals surface area contributed by atoms with Gasteiger partial charge in [-0.3, -0.25) is 4.79 Å². The Balaban J connectivity index is 1.42. The summed E-state index contributed by atoms with van der Waals surface area (Å²) in [7, 11) is 0. The molecular weight excluding hydrogens is 358 g/mol. The molecule has 0 aliphatic carbocycles. The summed E-state index contributed by atoms with van der Waals surface area (Å²) in [5, 5.41) is 2.93. The van der Waals surface area contributed by atoms with Gasteiger partial charge in [-0.05, 0) is 37.2 Å². The summed E-state index contributed by atoms with van der Waals surface area (Å²) in [6.45, 7) is 9.45. The van der Waals surface area contributed by atoms with Crippen molar-refractivity contribution < 1.29 is 14.3 Å². The van der Waals surface area contributed by atoms with Crippen LogP contribution in [0.3, 0.4) is 0 Å². The molecule has 1 aromatic heterocycles. The number of likely N-dealkylation sites (N-methyl/N-ethyl adjacent to an activating group) is 1. The van der Waals surface area contributed by atoms with E-state index in [9.17, 15) is 4.79 Å². The van der Waals surface area contributed by atoms with E-state index < -0.39 is 0 Å². The third-order valence-corrected chi connectivity index (χ3v) is 5.07. The van der Waals surface area contributed by atoms with E-state index in [1.807, 2.05) is 25.1 Å². The van der Waals surface area contributed by atoms with Crippen molar-refractivity contribution in [3.8, 4) is 11.5 Å². The first-order valence-electron chi connectivity index (χ1n) is 9.62. The highest BCUT2D eigenvalue weighted by Gasteiger charge is 2.20. The molecule has 1 amide bonds. The number of amides is 1. The van der Waals surface area contributed by atoms with Crippen LogP contribution in [0, 0.1) is 6.92 Å². The third-order valence-electron chi connectivity index (χ3n) is 5.07. The van der Waals surface area contributed by atoms with E-state index in [1.165, 1.54) is 0 Å². The summed E-state index contributed by atoms with van der Waals surface area (Å²) in [5.41, 5.74) is 2.12. The third kappa shape index (κ3) is 4.01. The van der Waals surface area contributed by atoms with Crippen molar-refractivity contribution in [3.63, 3.8) is 0 Å². The molecule has 0 unspecified atom stereocenters. The highest BCUT2D eigenvalue weighted by molar-refractivity contribution is 5.92. The Bertz CT molecular complexity index is 865. The molecule has 8 nitrogen and oxygen atoms in total. The average molecular weight is 383 g/mol. The molecule has 0 radical (unpaired) electrons. The number of hydrogen-bond donors (Lipinski definition) is 1. The first-order chi connectivity index (χ1) is 13.6. The Kier molecular flexibility index (Phi) is 5.29. The van der Waals surface area contributed by atoms with Crippen LogP contribution < -0.4 is 19.7 Å². The van der Waals surface area contributed by atoms with Crippen LogP contribution in [-0.2, 0) is 6.54 Å². The maximum atomic E-state index is 12.7. The zero-order chi connectivity index (χ0) is 19.5. The lowest BCUT2D eigenvalue weighted by atomic mass is 10.2. The molecule has 0 atom stereocenters. The molecule has 8 heteroatoms. The van der Waals surface area contributed by atoms with Crippen LogP contribution >= 0.6 is 0 Å². The van der Waals surface area contributed by atoms with Gasteiger partial charge in [-0.15, -0.1) is 0 Å². The normalized spacial score (nSPS) is 16.3. The van der Waals surface area contributed by atoms with Crippen molar-refractivity contribution in [2.24, 2.45) is 0 Å². The molecule has 3 heterocycles. The zero-order valence-electron chi connectivity index (χ0n) is 16.3. The molecule has 1 N–H and O–H groups in total. The van der Waals surface area contributed by atoms with Crippen molar-refractivity contribution in [3.05, 3.63) is 41.2 Å². The monoisotopic (exact) mass is 383 g/mol. The molecular formula is C20H25N5O3. The Morgan fingerprint density at radius 2 is 1.89 bits per heavy atom. The number of anilines is 1. The Morgan fingerprint density at radius 1 is 1.11 bits per heavy atom. The maximum absolute atomic E-state index is 12.7. The molecule has 0 saturated carbocycles. The van der Waals surface area contributed by atoms with Gasteiger partial charge in [-0.2, -0.15) is 0 Å². The number of rotatable bonds is 5. The van der Waals surface area contributed by atoms with Crippen molar-refractivity contribution in [2.45, 2.75) is 20.4 Å². The summed E-state index contributed by atoms with van der Waals surface area (Å²) >= 11 is 0. The number of nitrogens with zero attached hydrogens (tertiary/aromatic N) is 4. The molecule has 2 aromatic rings. The van der Waals surface area contributed by atoms with Crippen LogP contribution in [0.2, 0.25) is 0 Å². The van der Waals surface area contributed by atoms with Crippen LogP contribution in [0.4, 0.5) is 5.95 Å². The Morgan fingerprint density at radius 3 is 2.68 bits per heavy atom. The van der Waals surface area contributed by atoms with E-state index in [0.29, 0.717) is 23.9 Å². The number of benzene rings is 1. The lowest BCUT2D eigenvalue weighted by Crippen LogP contribution is -2.47. The summed E-state index contributed by atoms with van der Waals surface area (Å²) in [6.07, 6.45) is 0. The molecule has 4 rings (SSSR count). The van der Waals surface area contributed by atoms with Gasteiger partial charge in [0.1, 0.15) is 5.69 Å². The SMILES string of the molecule is CCN1CCN(c2nc(C)cc(C(=O)NCc3ccc4c(c3)OCO4)n2)CC1. The number of nitrogens with one attached hydrogen (secondary N) is 1. The van der Waals surface area contributed by atoms with Gasteiger partial charge < -0.3 is 24.6 Å². The molecule has 1 fully saturated rings. The first kappa shape index (κ1) is 18.5. The largest absolute Gasteiger partial charge is 0.454 e. The van der Waals surface area contributed by atoms with E-state index in [4.69, 9.17) is 9.47 Å². The van der Waals surface area contributed by atoms with Crippen molar-refractivity contribution >= 4 is 11.9 Å². The van der Waals surface area contributed by atoms with E-state index in [1.54, 1.807) is 6.07 Å². The second-order valence-corrected chi connectivity index (χ2v) is 6.99. The van der Waals surface area contributed by atoms with Crippen LogP contribution in [0.25, 0.3) is 0 Å². The summed E-state index contributed by atoms with van der Waals surface area (Å²) in [6, 6.07) is 7.37. The molecule has 28 heavy (non-hydrogen) atoms. The maximum Gasteiger partial charge on any atom is 0.270 e. The van der Waals surface area contributed by atoms with Gasteiger partial charge in [-0.1, -0.05) is 13.0 Å². The molecule has 1 saturated heterocycles. The number of ether oxygens (including phenoxy) is 2. The van der Waals surface area contributed by atoms with E-state index in [0.717, 1.165) is 49.7 Å². The molecule has 0 spiro atoms. The average Bonchev–Trinajstić information content (AvgIpc) is 3.19. The summed E-state index contributed by atoms with van der Waals surface area (Å²) in [4.78, 5) is 26.2. The van der Waals surface area contributed by atoms with Crippen molar-refractivity contribution in [2.75, 3.05) is 44.4 Å². The fourth-order valence-electron chi connectivity index (χ4n) is 3.40. The van der Waals surface area contributed by atoms with Crippen LogP contribution in [-0.4, -0.2) is 60.3 Å². The van der Waals surface area contributed by atoms with Crippen LogP contribution in [0.1, 0.15) is 28.7 Å². The quantitative estimate of drug-likeness (QED) is 0.840. The topological polar surface area (TPSA) is 79.8 Å². The number of hydrogen-bond acceptors (Lipinski definition) is 7. The highest BCUT2D eigenvalue weighted by atomic mass is 16.7. The van der Waals surface area contributed by atoms with Crippen LogP contribution in [0.15, 0.2) is 24.3 Å². The number of fused-ring (bicyclic) bond motifs is 1. The Hall–Kier alpha value is -2.87. The van der Waals surface area contributed by atoms with Crippen molar-refractivity contribution in [1.82, 2.24) is 20.2 Å². The predicted molar refractivity (Wildman–Crippen MR) is 105 cm³/mol. The standard InChI is InChI=1S/C20H25N5O3/c1-3-24-6-8-25(9-7-24)20-22-14(2)10-16(23-20)19(26)21-12-15-4-5-17-18(11-15)28-13-27-17/h4-5,10-11H,3,6-9,12-13H2,1-2H3,(H,21,26). The minimum Gasteiger partial charge on any atom is -0.454 e. The second kappa shape index (κ2) is 8.02. The lowest BCUT2D eigenvalue weighted by Gasteiger charge is -2.34. The smallest absolute Gasteiger partial charge is 0.270 e. The highest BCUT2D eigenvalue weighted by Crippen LogP contribution is 2.32. The molecule has 2 aliphatic rings. The number of aryl methyl sites for hydroxylation is 1.